The highest BCUT2D eigenvalue weighted by Gasteiger charge is 2.36. The lowest BCUT2D eigenvalue weighted by atomic mass is 9.73. The minimum absolute atomic E-state index is 0.284. The molecule has 104 valence electrons. The van der Waals surface area contributed by atoms with Crippen LogP contribution in [0, 0.1) is 5.82 Å². The number of methoxy groups -OCH3 is 1. The highest BCUT2D eigenvalue weighted by atomic mass is 19.1. The predicted octanol–water partition coefficient (Wildman–Crippen LogP) is 3.37. The number of nitrogens with two attached hydrogens (primary N) is 1. The minimum atomic E-state index is -0.678. The highest BCUT2D eigenvalue weighted by molar-refractivity contribution is 5.50. The summed E-state index contributed by atoms with van der Waals surface area (Å²) < 4.78 is 19.1. The van der Waals surface area contributed by atoms with E-state index in [0.717, 1.165) is 30.4 Å². The van der Waals surface area contributed by atoms with Crippen LogP contribution in [0.4, 0.5) is 4.39 Å². The van der Waals surface area contributed by atoms with Gasteiger partial charge in [0.2, 0.25) is 0 Å². The van der Waals surface area contributed by atoms with Crippen LogP contribution in [0.25, 0.3) is 0 Å². The van der Waals surface area contributed by atoms with E-state index in [1.165, 1.54) is 17.7 Å². The maximum Gasteiger partial charge on any atom is 0.124 e. The normalized spacial score (nSPS) is 21.4. The first-order valence-corrected chi connectivity index (χ1v) is 6.86. The predicted molar refractivity (Wildman–Crippen MR) is 77.3 cm³/mol. The van der Waals surface area contributed by atoms with Gasteiger partial charge in [-0.05, 0) is 48.6 Å². The summed E-state index contributed by atoms with van der Waals surface area (Å²) in [5.41, 5.74) is 9.06. The van der Waals surface area contributed by atoms with Gasteiger partial charge in [-0.1, -0.05) is 24.3 Å². The van der Waals surface area contributed by atoms with Crippen LogP contribution < -0.4 is 10.5 Å². The molecule has 2 aromatic carbocycles. The summed E-state index contributed by atoms with van der Waals surface area (Å²) in [6.07, 6.45) is 2.81. The highest BCUT2D eigenvalue weighted by Crippen LogP contribution is 2.42. The molecule has 0 bridgehead atoms. The number of benzene rings is 2. The van der Waals surface area contributed by atoms with Crippen molar-refractivity contribution < 1.29 is 9.13 Å². The second-order valence-corrected chi connectivity index (χ2v) is 5.33. The Morgan fingerprint density at radius 2 is 1.95 bits per heavy atom. The molecule has 3 heteroatoms. The van der Waals surface area contributed by atoms with Gasteiger partial charge in [0.05, 0.1) is 12.6 Å². The molecule has 0 saturated carbocycles. The number of hydrogen-bond acceptors (Lipinski definition) is 2. The lowest BCUT2D eigenvalue weighted by Crippen LogP contribution is -2.41. The van der Waals surface area contributed by atoms with E-state index in [2.05, 4.69) is 6.07 Å². The van der Waals surface area contributed by atoms with Crippen LogP contribution in [-0.4, -0.2) is 7.11 Å². The Labute approximate surface area is 118 Å². The van der Waals surface area contributed by atoms with E-state index in [1.807, 2.05) is 18.2 Å². The van der Waals surface area contributed by atoms with Gasteiger partial charge in [-0.15, -0.1) is 0 Å². The molecule has 0 heterocycles. The van der Waals surface area contributed by atoms with Gasteiger partial charge in [0.15, 0.2) is 0 Å². The zero-order valence-corrected chi connectivity index (χ0v) is 11.5. The Balaban J connectivity index is 2.21. The molecule has 2 nitrogen and oxygen atoms in total. The molecule has 0 saturated heterocycles. The molecule has 0 fully saturated rings. The van der Waals surface area contributed by atoms with E-state index in [4.69, 9.17) is 10.5 Å². The van der Waals surface area contributed by atoms with Crippen molar-refractivity contribution in [3.05, 3.63) is 65.0 Å². The van der Waals surface area contributed by atoms with Crippen LogP contribution in [0.1, 0.15) is 29.5 Å². The van der Waals surface area contributed by atoms with Gasteiger partial charge in [0.1, 0.15) is 11.6 Å². The van der Waals surface area contributed by atoms with E-state index >= 15 is 0 Å². The maximum atomic E-state index is 13.7. The van der Waals surface area contributed by atoms with Crippen molar-refractivity contribution in [1.82, 2.24) is 0 Å². The van der Waals surface area contributed by atoms with Gasteiger partial charge in [-0.3, -0.25) is 0 Å². The van der Waals surface area contributed by atoms with Crippen LogP contribution in [0.3, 0.4) is 0 Å². The molecule has 3 rings (SSSR count). The molecule has 1 aliphatic carbocycles. The summed E-state index contributed by atoms with van der Waals surface area (Å²) in [7, 11) is 1.59. The first kappa shape index (κ1) is 13.1. The maximum absolute atomic E-state index is 13.7. The van der Waals surface area contributed by atoms with Gasteiger partial charge in [-0.2, -0.15) is 0 Å². The van der Waals surface area contributed by atoms with E-state index in [-0.39, 0.29) is 5.82 Å². The molecule has 2 aromatic rings. The molecular formula is C17H18FNO. The fraction of sp³-hybridized carbons (Fsp3) is 0.294. The van der Waals surface area contributed by atoms with Crippen molar-refractivity contribution in [2.75, 3.05) is 7.11 Å². The van der Waals surface area contributed by atoms with Gasteiger partial charge >= 0.3 is 0 Å². The Kier molecular flexibility index (Phi) is 3.22. The number of halogens is 1. The Bertz CT molecular complexity index is 641. The summed E-state index contributed by atoms with van der Waals surface area (Å²) in [6, 6.07) is 12.7. The van der Waals surface area contributed by atoms with E-state index in [9.17, 15) is 4.39 Å². The molecule has 1 atom stereocenters. The number of fused-ring (bicyclic) bond motifs is 1. The zero-order valence-electron chi connectivity index (χ0n) is 11.5. The van der Waals surface area contributed by atoms with E-state index in [0.29, 0.717) is 5.75 Å². The Morgan fingerprint density at radius 3 is 2.75 bits per heavy atom. The van der Waals surface area contributed by atoms with Gasteiger partial charge in [-0.25, -0.2) is 4.39 Å². The number of ether oxygens (including phenoxy) is 1. The average molecular weight is 271 g/mol. The first-order valence-electron chi connectivity index (χ1n) is 6.86. The van der Waals surface area contributed by atoms with Crippen molar-refractivity contribution in [2.24, 2.45) is 5.73 Å². The molecule has 1 unspecified atom stereocenters. The average Bonchev–Trinajstić information content (AvgIpc) is 2.48. The molecule has 20 heavy (non-hydrogen) atoms. The summed E-state index contributed by atoms with van der Waals surface area (Å²) in [4.78, 5) is 0. The fourth-order valence-corrected chi connectivity index (χ4v) is 3.17. The van der Waals surface area contributed by atoms with Crippen LogP contribution in [0.5, 0.6) is 5.75 Å². The van der Waals surface area contributed by atoms with Crippen molar-refractivity contribution in [3.8, 4) is 5.75 Å². The fourth-order valence-electron chi connectivity index (χ4n) is 3.17. The standard InChI is InChI=1S/C17H18FNO/c1-20-16-9-8-13(18)11-15(16)17(19)10-4-6-12-5-2-3-7-14(12)17/h2-3,5,7-9,11H,4,6,10,19H2,1H3. The van der Waals surface area contributed by atoms with Gasteiger partial charge in [0.25, 0.3) is 0 Å². The number of rotatable bonds is 2. The third-order valence-corrected chi connectivity index (χ3v) is 4.16. The Morgan fingerprint density at radius 1 is 1.15 bits per heavy atom. The van der Waals surface area contributed by atoms with Crippen molar-refractivity contribution >= 4 is 0 Å². The molecule has 0 aliphatic heterocycles. The number of aryl methyl sites for hydroxylation is 1. The molecular weight excluding hydrogens is 253 g/mol. The summed E-state index contributed by atoms with van der Waals surface area (Å²) in [6.45, 7) is 0. The smallest absolute Gasteiger partial charge is 0.124 e. The van der Waals surface area contributed by atoms with Crippen molar-refractivity contribution in [1.29, 1.82) is 0 Å². The third kappa shape index (κ3) is 1.98. The van der Waals surface area contributed by atoms with E-state index in [1.54, 1.807) is 13.2 Å². The van der Waals surface area contributed by atoms with Crippen LogP contribution in [-0.2, 0) is 12.0 Å². The molecule has 0 radical (unpaired) electrons. The van der Waals surface area contributed by atoms with Gasteiger partial charge < -0.3 is 10.5 Å². The molecule has 0 aromatic heterocycles. The van der Waals surface area contributed by atoms with Crippen LogP contribution >= 0.6 is 0 Å². The lowest BCUT2D eigenvalue weighted by Gasteiger charge is -2.37. The SMILES string of the molecule is COc1ccc(F)cc1C1(N)CCCc2ccccc21. The number of hydrogen-bond donors (Lipinski definition) is 1. The largest absolute Gasteiger partial charge is 0.496 e. The van der Waals surface area contributed by atoms with Crippen LogP contribution in [0.15, 0.2) is 42.5 Å². The quantitative estimate of drug-likeness (QED) is 0.909. The lowest BCUT2D eigenvalue weighted by molar-refractivity contribution is 0.376. The summed E-state index contributed by atoms with van der Waals surface area (Å²) in [5, 5.41) is 0. The third-order valence-electron chi connectivity index (χ3n) is 4.16. The van der Waals surface area contributed by atoms with Gasteiger partial charge in [0, 0.05) is 5.56 Å². The summed E-state index contributed by atoms with van der Waals surface area (Å²) in [5.74, 6) is 0.360. The first-order chi connectivity index (χ1) is 9.65. The van der Waals surface area contributed by atoms with E-state index < -0.39 is 5.54 Å². The monoisotopic (exact) mass is 271 g/mol. The minimum Gasteiger partial charge on any atom is -0.496 e. The van der Waals surface area contributed by atoms with Crippen molar-refractivity contribution in [2.45, 2.75) is 24.8 Å². The molecule has 1 aliphatic rings. The molecule has 2 N–H and O–H groups in total. The van der Waals surface area contributed by atoms with Crippen LogP contribution in [0.2, 0.25) is 0 Å². The summed E-state index contributed by atoms with van der Waals surface area (Å²) >= 11 is 0. The molecule has 0 amide bonds. The second-order valence-electron chi connectivity index (χ2n) is 5.33. The second kappa shape index (κ2) is 4.91. The topological polar surface area (TPSA) is 35.2 Å². The van der Waals surface area contributed by atoms with Crippen molar-refractivity contribution in [3.63, 3.8) is 0 Å². The zero-order chi connectivity index (χ0) is 14.2. The Hall–Kier alpha value is -1.87. The molecule has 0 spiro atoms.